The van der Waals surface area contributed by atoms with Crippen LogP contribution in [0.3, 0.4) is 0 Å². The Hall–Kier alpha value is -2.80. The molecule has 0 radical (unpaired) electrons. The Balaban J connectivity index is 1.98. The molecule has 7 heteroatoms. The van der Waals surface area contributed by atoms with Crippen molar-refractivity contribution in [1.29, 1.82) is 0 Å². The smallest absolute Gasteiger partial charge is 0.267 e. The minimum absolute atomic E-state index is 0.339. The van der Waals surface area contributed by atoms with Crippen LogP contribution < -0.4 is 10.9 Å². The van der Waals surface area contributed by atoms with Crippen LogP contribution in [0.4, 0.5) is 5.13 Å². The summed E-state index contributed by atoms with van der Waals surface area (Å²) in [7, 11) is 0. The predicted molar refractivity (Wildman–Crippen MR) is 94.0 cm³/mol. The first-order valence-corrected chi connectivity index (χ1v) is 8.24. The third-order valence-corrected chi connectivity index (χ3v) is 4.30. The van der Waals surface area contributed by atoms with Crippen molar-refractivity contribution in [2.45, 2.75) is 19.4 Å². The van der Waals surface area contributed by atoms with Gasteiger partial charge in [-0.05, 0) is 19.9 Å². The summed E-state index contributed by atoms with van der Waals surface area (Å²) < 4.78 is 1.21. The van der Waals surface area contributed by atoms with Gasteiger partial charge in [0.05, 0.1) is 5.69 Å². The summed E-state index contributed by atoms with van der Waals surface area (Å²) in [6, 6.07) is 12.6. The van der Waals surface area contributed by atoms with Crippen LogP contribution in [0.5, 0.6) is 0 Å². The zero-order valence-corrected chi connectivity index (χ0v) is 14.1. The van der Waals surface area contributed by atoms with Crippen molar-refractivity contribution in [2.24, 2.45) is 0 Å². The number of thiazole rings is 1. The largest absolute Gasteiger partial charge is 0.300 e. The van der Waals surface area contributed by atoms with Crippen molar-refractivity contribution in [3.05, 3.63) is 64.4 Å². The molecule has 0 aliphatic carbocycles. The van der Waals surface area contributed by atoms with E-state index in [9.17, 15) is 9.59 Å². The van der Waals surface area contributed by atoms with Gasteiger partial charge in [0.2, 0.25) is 0 Å². The Kier molecular flexibility index (Phi) is 4.26. The number of aromatic nitrogens is 3. The van der Waals surface area contributed by atoms with Crippen LogP contribution in [-0.4, -0.2) is 20.7 Å². The number of benzene rings is 1. The summed E-state index contributed by atoms with van der Waals surface area (Å²) in [5.74, 6) is -0.350. The Morgan fingerprint density at radius 1 is 1.17 bits per heavy atom. The van der Waals surface area contributed by atoms with Crippen molar-refractivity contribution in [1.82, 2.24) is 14.8 Å². The lowest BCUT2D eigenvalue weighted by atomic mass is 10.0. The molecule has 0 aliphatic rings. The molecule has 0 saturated carbocycles. The molecule has 0 bridgehead atoms. The standard InChI is InChI=1S/C17H16N4O2S/c1-17(2,15(23)19-16-18-10-11-24-16)21-14(22)9-8-13(20-21)12-6-4-3-5-7-12/h3-11H,1-2H3,(H,18,19,23). The molecule has 1 amide bonds. The number of nitrogens with zero attached hydrogens (tertiary/aromatic N) is 3. The van der Waals surface area contributed by atoms with E-state index < -0.39 is 5.54 Å². The fourth-order valence-electron chi connectivity index (χ4n) is 2.21. The van der Waals surface area contributed by atoms with Crippen LogP contribution in [0, 0.1) is 0 Å². The topological polar surface area (TPSA) is 76.9 Å². The van der Waals surface area contributed by atoms with Gasteiger partial charge >= 0.3 is 0 Å². The molecule has 0 atom stereocenters. The molecule has 0 unspecified atom stereocenters. The molecule has 0 spiro atoms. The summed E-state index contributed by atoms with van der Waals surface area (Å²) in [6.07, 6.45) is 1.60. The van der Waals surface area contributed by atoms with E-state index in [1.54, 1.807) is 31.5 Å². The van der Waals surface area contributed by atoms with E-state index in [0.29, 0.717) is 10.8 Å². The average Bonchev–Trinajstić information content (AvgIpc) is 3.09. The molecule has 6 nitrogen and oxygen atoms in total. The zero-order chi connectivity index (χ0) is 17.2. The maximum atomic E-state index is 12.6. The molecular weight excluding hydrogens is 324 g/mol. The van der Waals surface area contributed by atoms with Gasteiger partial charge in [0.25, 0.3) is 11.5 Å². The lowest BCUT2D eigenvalue weighted by Crippen LogP contribution is -2.47. The highest BCUT2D eigenvalue weighted by atomic mass is 32.1. The van der Waals surface area contributed by atoms with E-state index in [4.69, 9.17) is 0 Å². The van der Waals surface area contributed by atoms with Gasteiger partial charge in [-0.2, -0.15) is 5.10 Å². The SMILES string of the molecule is CC(C)(C(=O)Nc1nccs1)n1nc(-c2ccccc2)ccc1=O. The average molecular weight is 340 g/mol. The summed E-state index contributed by atoms with van der Waals surface area (Å²) >= 11 is 1.32. The second kappa shape index (κ2) is 6.37. The fraction of sp³-hybridized carbons (Fsp3) is 0.176. The van der Waals surface area contributed by atoms with Gasteiger partial charge in [-0.1, -0.05) is 30.3 Å². The first kappa shape index (κ1) is 16.1. The van der Waals surface area contributed by atoms with E-state index >= 15 is 0 Å². The van der Waals surface area contributed by atoms with Crippen LogP contribution in [0.2, 0.25) is 0 Å². The predicted octanol–water partition coefficient (Wildman–Crippen LogP) is 2.74. The van der Waals surface area contributed by atoms with Crippen molar-refractivity contribution in [3.8, 4) is 11.3 Å². The molecular formula is C17H16N4O2S. The minimum Gasteiger partial charge on any atom is -0.300 e. The quantitative estimate of drug-likeness (QED) is 0.792. The van der Waals surface area contributed by atoms with Gasteiger partial charge in [0.1, 0.15) is 5.54 Å². The number of hydrogen-bond donors (Lipinski definition) is 1. The third-order valence-electron chi connectivity index (χ3n) is 3.61. The fourth-order valence-corrected chi connectivity index (χ4v) is 2.73. The Bertz CT molecular complexity index is 902. The van der Waals surface area contributed by atoms with Crippen molar-refractivity contribution >= 4 is 22.4 Å². The number of rotatable bonds is 4. The van der Waals surface area contributed by atoms with Gasteiger partial charge in [-0.25, -0.2) is 9.67 Å². The second-order valence-corrected chi connectivity index (χ2v) is 6.58. The van der Waals surface area contributed by atoms with Crippen LogP contribution in [-0.2, 0) is 10.3 Å². The van der Waals surface area contributed by atoms with Crippen LogP contribution in [0.15, 0.2) is 58.8 Å². The Morgan fingerprint density at radius 2 is 1.92 bits per heavy atom. The van der Waals surface area contributed by atoms with Crippen LogP contribution in [0.1, 0.15) is 13.8 Å². The van der Waals surface area contributed by atoms with Crippen LogP contribution >= 0.6 is 11.3 Å². The highest BCUT2D eigenvalue weighted by molar-refractivity contribution is 7.13. The van der Waals surface area contributed by atoms with E-state index in [1.165, 1.54) is 22.1 Å². The highest BCUT2D eigenvalue weighted by Gasteiger charge is 2.32. The van der Waals surface area contributed by atoms with Gasteiger partial charge in [0, 0.05) is 23.2 Å². The van der Waals surface area contributed by atoms with E-state index in [1.807, 2.05) is 30.3 Å². The molecule has 0 aliphatic heterocycles. The van der Waals surface area contributed by atoms with Gasteiger partial charge in [0.15, 0.2) is 5.13 Å². The third kappa shape index (κ3) is 3.11. The van der Waals surface area contributed by atoms with Gasteiger partial charge < -0.3 is 0 Å². The molecule has 1 aromatic carbocycles. The summed E-state index contributed by atoms with van der Waals surface area (Å²) in [5, 5.41) is 9.36. The number of anilines is 1. The molecule has 3 aromatic rings. The second-order valence-electron chi connectivity index (χ2n) is 5.69. The van der Waals surface area contributed by atoms with E-state index in [2.05, 4.69) is 15.4 Å². The minimum atomic E-state index is -1.16. The molecule has 122 valence electrons. The molecule has 3 rings (SSSR count). The lowest BCUT2D eigenvalue weighted by molar-refractivity contribution is -0.123. The number of amides is 1. The maximum Gasteiger partial charge on any atom is 0.267 e. The molecule has 2 heterocycles. The monoisotopic (exact) mass is 340 g/mol. The van der Waals surface area contributed by atoms with Crippen molar-refractivity contribution < 1.29 is 4.79 Å². The normalized spacial score (nSPS) is 11.2. The molecule has 2 aromatic heterocycles. The number of carbonyl (C=O) groups excluding carboxylic acids is 1. The van der Waals surface area contributed by atoms with E-state index in [-0.39, 0.29) is 11.5 Å². The molecule has 1 N–H and O–H groups in total. The zero-order valence-electron chi connectivity index (χ0n) is 13.3. The summed E-state index contributed by atoms with van der Waals surface area (Å²) in [4.78, 5) is 28.9. The summed E-state index contributed by atoms with van der Waals surface area (Å²) in [5.41, 5.74) is 0.00903. The summed E-state index contributed by atoms with van der Waals surface area (Å²) in [6.45, 7) is 3.30. The van der Waals surface area contributed by atoms with Gasteiger partial charge in [-0.3, -0.25) is 14.9 Å². The van der Waals surface area contributed by atoms with Crippen molar-refractivity contribution in [2.75, 3.05) is 5.32 Å². The number of nitrogens with one attached hydrogen (secondary N) is 1. The van der Waals surface area contributed by atoms with Crippen molar-refractivity contribution in [3.63, 3.8) is 0 Å². The Morgan fingerprint density at radius 3 is 2.58 bits per heavy atom. The van der Waals surface area contributed by atoms with E-state index in [0.717, 1.165) is 5.56 Å². The maximum absolute atomic E-state index is 12.6. The van der Waals surface area contributed by atoms with Gasteiger partial charge in [-0.15, -0.1) is 11.3 Å². The molecule has 0 saturated heterocycles. The van der Waals surface area contributed by atoms with Crippen LogP contribution in [0.25, 0.3) is 11.3 Å². The molecule has 0 fully saturated rings. The number of hydrogen-bond acceptors (Lipinski definition) is 5. The lowest BCUT2D eigenvalue weighted by Gasteiger charge is -2.24. The Labute approximate surface area is 142 Å². The first-order chi connectivity index (χ1) is 11.5. The molecule has 24 heavy (non-hydrogen) atoms. The first-order valence-electron chi connectivity index (χ1n) is 7.36. The highest BCUT2D eigenvalue weighted by Crippen LogP contribution is 2.20. The number of carbonyl (C=O) groups is 1.